The standard InChI is InChI=1S/C19H14N4O2S/c1-12-5-2-3-7-14(12)17-16(22-11-25-17)18(24)23-19-21-10-15(26-19)13-6-4-8-20-9-13/h2-11H,1H3,(H,21,23,24). The normalized spacial score (nSPS) is 10.7. The number of carbonyl (C=O) groups excluding carboxylic acids is 1. The summed E-state index contributed by atoms with van der Waals surface area (Å²) < 4.78 is 5.47. The molecule has 0 radical (unpaired) electrons. The van der Waals surface area contributed by atoms with Crippen LogP contribution in [0.4, 0.5) is 5.13 Å². The van der Waals surface area contributed by atoms with Crippen LogP contribution >= 0.6 is 11.3 Å². The first-order valence-electron chi connectivity index (χ1n) is 7.89. The maximum atomic E-state index is 12.6. The fourth-order valence-corrected chi connectivity index (χ4v) is 3.36. The van der Waals surface area contributed by atoms with Crippen molar-refractivity contribution in [3.63, 3.8) is 0 Å². The molecule has 0 saturated carbocycles. The van der Waals surface area contributed by atoms with Gasteiger partial charge in [-0.25, -0.2) is 9.97 Å². The molecule has 128 valence electrons. The number of benzene rings is 1. The summed E-state index contributed by atoms with van der Waals surface area (Å²) in [6, 6.07) is 11.5. The molecule has 0 bridgehead atoms. The van der Waals surface area contributed by atoms with Gasteiger partial charge in [0.2, 0.25) is 0 Å². The van der Waals surface area contributed by atoms with Gasteiger partial charge in [-0.1, -0.05) is 41.7 Å². The molecule has 26 heavy (non-hydrogen) atoms. The molecule has 3 aromatic heterocycles. The van der Waals surface area contributed by atoms with Gasteiger partial charge in [0.15, 0.2) is 23.0 Å². The van der Waals surface area contributed by atoms with E-state index < -0.39 is 0 Å². The minimum absolute atomic E-state index is 0.234. The van der Waals surface area contributed by atoms with E-state index in [0.717, 1.165) is 21.6 Å². The highest BCUT2D eigenvalue weighted by Crippen LogP contribution is 2.30. The molecule has 4 rings (SSSR count). The van der Waals surface area contributed by atoms with Crippen LogP contribution in [-0.4, -0.2) is 20.9 Å². The molecule has 3 heterocycles. The van der Waals surface area contributed by atoms with Crippen molar-refractivity contribution in [3.8, 4) is 21.8 Å². The molecule has 0 saturated heterocycles. The van der Waals surface area contributed by atoms with Crippen molar-refractivity contribution >= 4 is 22.4 Å². The zero-order chi connectivity index (χ0) is 17.9. The van der Waals surface area contributed by atoms with Gasteiger partial charge in [-0.3, -0.25) is 15.1 Å². The number of rotatable bonds is 4. The molecule has 1 amide bonds. The van der Waals surface area contributed by atoms with Crippen molar-refractivity contribution < 1.29 is 9.21 Å². The van der Waals surface area contributed by atoms with Crippen LogP contribution in [0.1, 0.15) is 16.1 Å². The van der Waals surface area contributed by atoms with Gasteiger partial charge in [0.05, 0.1) is 4.88 Å². The number of nitrogens with one attached hydrogen (secondary N) is 1. The number of aromatic nitrogens is 3. The number of nitrogens with zero attached hydrogens (tertiary/aromatic N) is 3. The van der Waals surface area contributed by atoms with Crippen LogP contribution < -0.4 is 5.32 Å². The van der Waals surface area contributed by atoms with Gasteiger partial charge in [0, 0.05) is 29.7 Å². The summed E-state index contributed by atoms with van der Waals surface area (Å²) in [5, 5.41) is 3.28. The second-order valence-corrected chi connectivity index (χ2v) is 6.60. The van der Waals surface area contributed by atoms with Crippen LogP contribution in [0.5, 0.6) is 0 Å². The van der Waals surface area contributed by atoms with Crippen LogP contribution in [0.25, 0.3) is 21.8 Å². The third kappa shape index (κ3) is 3.12. The number of thiazole rings is 1. The quantitative estimate of drug-likeness (QED) is 0.581. The number of anilines is 1. The van der Waals surface area contributed by atoms with Crippen LogP contribution in [0.2, 0.25) is 0 Å². The summed E-state index contributed by atoms with van der Waals surface area (Å²) in [5.41, 5.74) is 3.03. The zero-order valence-corrected chi connectivity index (χ0v) is 14.7. The Hall–Kier alpha value is -3.32. The molecule has 1 N–H and O–H groups in total. The lowest BCUT2D eigenvalue weighted by Gasteiger charge is -2.04. The van der Waals surface area contributed by atoms with Crippen LogP contribution in [0, 0.1) is 6.92 Å². The molecule has 0 aliphatic rings. The van der Waals surface area contributed by atoms with Gasteiger partial charge >= 0.3 is 0 Å². The monoisotopic (exact) mass is 362 g/mol. The van der Waals surface area contributed by atoms with Gasteiger partial charge in [-0.05, 0) is 18.6 Å². The molecule has 0 aliphatic carbocycles. The van der Waals surface area contributed by atoms with Crippen LogP contribution in [-0.2, 0) is 0 Å². The Morgan fingerprint density at radius 1 is 1.12 bits per heavy atom. The van der Waals surface area contributed by atoms with Crippen molar-refractivity contribution in [2.75, 3.05) is 5.32 Å². The molecule has 1 aromatic carbocycles. The van der Waals surface area contributed by atoms with Crippen molar-refractivity contribution in [3.05, 3.63) is 72.6 Å². The molecular formula is C19H14N4O2S. The number of carbonyl (C=O) groups is 1. The largest absolute Gasteiger partial charge is 0.443 e. The summed E-state index contributed by atoms with van der Waals surface area (Å²) in [5.74, 6) is 0.0914. The Morgan fingerprint density at radius 3 is 2.81 bits per heavy atom. The van der Waals surface area contributed by atoms with Gasteiger partial charge in [0.25, 0.3) is 5.91 Å². The van der Waals surface area contributed by atoms with E-state index >= 15 is 0 Å². The number of oxazole rings is 1. The third-order valence-corrected chi connectivity index (χ3v) is 4.81. The van der Waals surface area contributed by atoms with Gasteiger partial charge in [0.1, 0.15) is 0 Å². The van der Waals surface area contributed by atoms with E-state index in [-0.39, 0.29) is 11.6 Å². The number of amides is 1. The molecule has 6 nitrogen and oxygen atoms in total. The molecular weight excluding hydrogens is 348 g/mol. The van der Waals surface area contributed by atoms with Crippen molar-refractivity contribution in [1.82, 2.24) is 15.0 Å². The van der Waals surface area contributed by atoms with Crippen LogP contribution in [0.15, 0.2) is 65.8 Å². The molecule has 0 unspecified atom stereocenters. The average molecular weight is 362 g/mol. The first kappa shape index (κ1) is 16.2. The fourth-order valence-electron chi connectivity index (χ4n) is 2.56. The van der Waals surface area contributed by atoms with E-state index in [1.807, 2.05) is 43.3 Å². The lowest BCUT2D eigenvalue weighted by molar-refractivity contribution is 0.102. The summed E-state index contributed by atoms with van der Waals surface area (Å²) in [6.45, 7) is 1.96. The smallest absolute Gasteiger partial charge is 0.280 e. The van der Waals surface area contributed by atoms with Crippen molar-refractivity contribution in [1.29, 1.82) is 0 Å². The predicted molar refractivity (Wildman–Crippen MR) is 100.0 cm³/mol. The summed E-state index contributed by atoms with van der Waals surface area (Å²) in [4.78, 5) is 26.0. The Balaban J connectivity index is 1.58. The zero-order valence-electron chi connectivity index (χ0n) is 13.8. The van der Waals surface area contributed by atoms with Crippen molar-refractivity contribution in [2.45, 2.75) is 6.92 Å². The van der Waals surface area contributed by atoms with E-state index in [2.05, 4.69) is 20.3 Å². The number of pyridine rings is 1. The Labute approximate surface area is 153 Å². The fraction of sp³-hybridized carbons (Fsp3) is 0.0526. The minimum atomic E-state index is -0.357. The molecule has 0 aliphatic heterocycles. The van der Waals surface area contributed by atoms with Crippen LogP contribution in [0.3, 0.4) is 0 Å². The lowest BCUT2D eigenvalue weighted by atomic mass is 10.1. The Morgan fingerprint density at radius 2 is 2.00 bits per heavy atom. The second-order valence-electron chi connectivity index (χ2n) is 5.57. The van der Waals surface area contributed by atoms with E-state index in [0.29, 0.717) is 10.9 Å². The number of aryl methyl sites for hydroxylation is 1. The minimum Gasteiger partial charge on any atom is -0.443 e. The van der Waals surface area contributed by atoms with Crippen molar-refractivity contribution in [2.24, 2.45) is 0 Å². The highest BCUT2D eigenvalue weighted by Gasteiger charge is 2.20. The average Bonchev–Trinajstić information content (AvgIpc) is 3.32. The maximum Gasteiger partial charge on any atom is 0.280 e. The first-order valence-corrected chi connectivity index (χ1v) is 8.71. The Bertz CT molecular complexity index is 1060. The molecule has 0 fully saturated rings. The second kappa shape index (κ2) is 6.89. The summed E-state index contributed by atoms with van der Waals surface area (Å²) in [6.07, 6.45) is 6.46. The topological polar surface area (TPSA) is 80.9 Å². The summed E-state index contributed by atoms with van der Waals surface area (Å²) >= 11 is 1.37. The number of hydrogen-bond donors (Lipinski definition) is 1. The van der Waals surface area contributed by atoms with Gasteiger partial charge < -0.3 is 4.42 Å². The molecule has 0 spiro atoms. The lowest BCUT2D eigenvalue weighted by Crippen LogP contribution is -2.13. The van der Waals surface area contributed by atoms with E-state index in [1.165, 1.54) is 17.7 Å². The molecule has 0 atom stereocenters. The highest BCUT2D eigenvalue weighted by atomic mass is 32.1. The molecule has 7 heteroatoms. The van der Waals surface area contributed by atoms with E-state index in [4.69, 9.17) is 4.42 Å². The SMILES string of the molecule is Cc1ccccc1-c1ocnc1C(=O)Nc1ncc(-c2cccnc2)s1. The first-order chi connectivity index (χ1) is 12.7. The van der Waals surface area contributed by atoms with Gasteiger partial charge in [-0.15, -0.1) is 0 Å². The summed E-state index contributed by atoms with van der Waals surface area (Å²) in [7, 11) is 0. The third-order valence-electron chi connectivity index (χ3n) is 3.84. The van der Waals surface area contributed by atoms with Gasteiger partial charge in [-0.2, -0.15) is 0 Å². The Kier molecular flexibility index (Phi) is 4.28. The van der Waals surface area contributed by atoms with E-state index in [9.17, 15) is 4.79 Å². The molecule has 4 aromatic rings. The predicted octanol–water partition coefficient (Wildman–Crippen LogP) is 4.42. The number of hydrogen-bond acceptors (Lipinski definition) is 6. The maximum absolute atomic E-state index is 12.6. The van der Waals surface area contributed by atoms with E-state index in [1.54, 1.807) is 18.6 Å². The highest BCUT2D eigenvalue weighted by molar-refractivity contribution is 7.19.